The largest absolute Gasteiger partial charge is 0.360 e. The van der Waals surface area contributed by atoms with Gasteiger partial charge in [0.05, 0.1) is 16.7 Å². The lowest BCUT2D eigenvalue weighted by Gasteiger charge is -2.03. The number of halogens is 2. The van der Waals surface area contributed by atoms with Gasteiger partial charge >= 0.3 is 0 Å². The van der Waals surface area contributed by atoms with Crippen molar-refractivity contribution in [3.63, 3.8) is 0 Å². The highest BCUT2D eigenvalue weighted by atomic mass is 127. The number of aromatic amines is 1. The van der Waals surface area contributed by atoms with Crippen molar-refractivity contribution in [2.75, 3.05) is 0 Å². The van der Waals surface area contributed by atoms with Crippen LogP contribution in [0.15, 0.2) is 42.6 Å². The Morgan fingerprint density at radius 2 is 2.10 bits per heavy atom. The molecule has 0 aliphatic heterocycles. The number of nitrogens with one attached hydrogen (secondary N) is 1. The predicted octanol–water partition coefficient (Wildman–Crippen LogP) is 4.53. The van der Waals surface area contributed by atoms with Crippen LogP contribution in [-0.2, 0) is 0 Å². The van der Waals surface area contributed by atoms with E-state index >= 15 is 0 Å². The summed E-state index contributed by atoms with van der Waals surface area (Å²) in [6.07, 6.45) is 1.64. The fraction of sp³-hybridized carbons (Fsp3) is 0. The van der Waals surface area contributed by atoms with E-state index in [9.17, 15) is 10.1 Å². The minimum atomic E-state index is -0.151. The molecule has 0 bridgehead atoms. The van der Waals surface area contributed by atoms with Gasteiger partial charge in [-0.2, -0.15) is 5.26 Å². The number of nitrogens with zero attached hydrogens (tertiary/aromatic N) is 1. The Bertz CT molecular complexity index is 908. The highest BCUT2D eigenvalue weighted by Crippen LogP contribution is 2.26. The minimum Gasteiger partial charge on any atom is -0.360 e. The summed E-state index contributed by atoms with van der Waals surface area (Å²) in [4.78, 5) is 15.7. The molecule has 3 aromatic rings. The van der Waals surface area contributed by atoms with Crippen LogP contribution in [0.25, 0.3) is 10.9 Å². The molecule has 3 rings (SSSR count). The number of carbonyl (C=O) groups excluding carboxylic acids is 1. The average molecular weight is 407 g/mol. The number of hydrogen-bond acceptors (Lipinski definition) is 2. The second-order valence-electron chi connectivity index (χ2n) is 4.50. The Morgan fingerprint density at radius 1 is 1.29 bits per heavy atom. The van der Waals surface area contributed by atoms with E-state index in [-0.39, 0.29) is 5.78 Å². The van der Waals surface area contributed by atoms with Gasteiger partial charge in [0.1, 0.15) is 0 Å². The first kappa shape index (κ1) is 14.1. The van der Waals surface area contributed by atoms with E-state index in [4.69, 9.17) is 11.6 Å². The lowest BCUT2D eigenvalue weighted by atomic mass is 10.00. The van der Waals surface area contributed by atoms with Gasteiger partial charge in [-0.3, -0.25) is 4.79 Å². The highest BCUT2D eigenvalue weighted by molar-refractivity contribution is 14.1. The summed E-state index contributed by atoms with van der Waals surface area (Å²) in [5, 5.41) is 10.4. The number of nitriles is 1. The van der Waals surface area contributed by atoms with Crippen LogP contribution in [0.1, 0.15) is 21.5 Å². The Kier molecular flexibility index (Phi) is 3.70. The zero-order valence-electron chi connectivity index (χ0n) is 10.7. The van der Waals surface area contributed by atoms with Gasteiger partial charge in [0.2, 0.25) is 0 Å². The number of hydrogen-bond donors (Lipinski definition) is 1. The molecule has 0 aliphatic carbocycles. The van der Waals surface area contributed by atoms with E-state index in [1.165, 1.54) is 0 Å². The minimum absolute atomic E-state index is 0.151. The Morgan fingerprint density at radius 3 is 2.81 bits per heavy atom. The number of ketones is 1. The molecule has 2 aromatic carbocycles. The van der Waals surface area contributed by atoms with Crippen molar-refractivity contribution in [3.8, 4) is 6.07 Å². The maximum Gasteiger partial charge on any atom is 0.195 e. The summed E-state index contributed by atoms with van der Waals surface area (Å²) in [6.45, 7) is 0. The van der Waals surface area contributed by atoms with Crippen LogP contribution in [-0.4, -0.2) is 10.8 Å². The van der Waals surface area contributed by atoms with Crippen LogP contribution in [0.3, 0.4) is 0 Å². The molecule has 5 heteroatoms. The van der Waals surface area contributed by atoms with Crippen LogP contribution >= 0.6 is 34.2 Å². The zero-order chi connectivity index (χ0) is 15.0. The smallest absolute Gasteiger partial charge is 0.195 e. The highest BCUT2D eigenvalue weighted by Gasteiger charge is 2.17. The van der Waals surface area contributed by atoms with Crippen LogP contribution in [0.5, 0.6) is 0 Å². The summed E-state index contributed by atoms with van der Waals surface area (Å²) in [5.41, 5.74) is 2.25. The van der Waals surface area contributed by atoms with Crippen molar-refractivity contribution < 1.29 is 4.79 Å². The van der Waals surface area contributed by atoms with Crippen LogP contribution in [0, 0.1) is 14.9 Å². The third-order valence-electron chi connectivity index (χ3n) is 3.25. The van der Waals surface area contributed by atoms with Gasteiger partial charge < -0.3 is 4.98 Å². The molecule has 0 unspecified atom stereocenters. The quantitative estimate of drug-likeness (QED) is 0.502. The maximum absolute atomic E-state index is 12.7. The summed E-state index contributed by atoms with van der Waals surface area (Å²) < 4.78 is 0.891. The number of benzene rings is 2. The van der Waals surface area contributed by atoms with Crippen molar-refractivity contribution in [2.24, 2.45) is 0 Å². The fourth-order valence-corrected chi connectivity index (χ4v) is 2.77. The van der Waals surface area contributed by atoms with Crippen LogP contribution in [0.2, 0.25) is 5.02 Å². The lowest BCUT2D eigenvalue weighted by Crippen LogP contribution is -2.01. The first-order valence-electron chi connectivity index (χ1n) is 6.12. The molecule has 0 radical (unpaired) electrons. The van der Waals surface area contributed by atoms with Crippen molar-refractivity contribution in [1.82, 2.24) is 4.98 Å². The number of rotatable bonds is 2. The molecule has 0 atom stereocenters. The standard InChI is InChI=1S/C16H8ClIN2O/c17-12-6-9(4-5-13(12)18)16(21)11-8-20-14-3-1-2-10(7-19)15(11)14/h1-6,8,20H. The number of aromatic nitrogens is 1. The lowest BCUT2D eigenvalue weighted by molar-refractivity contribution is 0.104. The van der Waals surface area contributed by atoms with Gasteiger partial charge in [-0.1, -0.05) is 17.7 Å². The van der Waals surface area contributed by atoms with E-state index in [1.807, 2.05) is 6.07 Å². The van der Waals surface area contributed by atoms with Gasteiger partial charge in [0.15, 0.2) is 5.78 Å². The zero-order valence-corrected chi connectivity index (χ0v) is 13.6. The summed E-state index contributed by atoms with van der Waals surface area (Å²) in [5.74, 6) is -0.151. The first-order chi connectivity index (χ1) is 10.1. The summed E-state index contributed by atoms with van der Waals surface area (Å²) in [6, 6.07) is 12.6. The predicted molar refractivity (Wildman–Crippen MR) is 90.6 cm³/mol. The van der Waals surface area contributed by atoms with E-state index in [0.29, 0.717) is 27.1 Å². The number of carbonyl (C=O) groups is 1. The molecule has 0 saturated heterocycles. The third-order valence-corrected chi connectivity index (χ3v) is 4.82. The molecular weight excluding hydrogens is 399 g/mol. The molecular formula is C16H8ClIN2O. The number of H-pyrrole nitrogens is 1. The van der Waals surface area contributed by atoms with E-state index in [2.05, 4.69) is 33.6 Å². The van der Waals surface area contributed by atoms with E-state index in [1.54, 1.807) is 36.5 Å². The normalized spacial score (nSPS) is 10.5. The van der Waals surface area contributed by atoms with Gasteiger partial charge in [-0.15, -0.1) is 0 Å². The molecule has 0 amide bonds. The van der Waals surface area contributed by atoms with Crippen LogP contribution in [0.4, 0.5) is 0 Å². The van der Waals surface area contributed by atoms with Gasteiger partial charge in [0, 0.05) is 31.8 Å². The molecule has 0 saturated carbocycles. The first-order valence-corrected chi connectivity index (χ1v) is 7.57. The summed E-state index contributed by atoms with van der Waals surface area (Å²) >= 11 is 8.19. The molecule has 102 valence electrons. The topological polar surface area (TPSA) is 56.6 Å². The van der Waals surface area contributed by atoms with Gasteiger partial charge in [0.25, 0.3) is 0 Å². The van der Waals surface area contributed by atoms with Crippen molar-refractivity contribution in [1.29, 1.82) is 5.26 Å². The molecule has 0 spiro atoms. The van der Waals surface area contributed by atoms with Gasteiger partial charge in [-0.25, -0.2) is 0 Å². The van der Waals surface area contributed by atoms with E-state index < -0.39 is 0 Å². The van der Waals surface area contributed by atoms with Crippen molar-refractivity contribution in [3.05, 3.63) is 67.9 Å². The van der Waals surface area contributed by atoms with Crippen molar-refractivity contribution >= 4 is 50.9 Å². The monoisotopic (exact) mass is 406 g/mol. The third kappa shape index (κ3) is 2.43. The Balaban J connectivity index is 2.18. The summed E-state index contributed by atoms with van der Waals surface area (Å²) in [7, 11) is 0. The van der Waals surface area contributed by atoms with Crippen LogP contribution < -0.4 is 0 Å². The second kappa shape index (κ2) is 5.51. The Labute approximate surface area is 139 Å². The average Bonchev–Trinajstić information content (AvgIpc) is 2.93. The molecule has 1 heterocycles. The Hall–Kier alpha value is -1.84. The number of fused-ring (bicyclic) bond motifs is 1. The van der Waals surface area contributed by atoms with Crippen molar-refractivity contribution in [2.45, 2.75) is 0 Å². The molecule has 1 N–H and O–H groups in total. The SMILES string of the molecule is N#Cc1cccc2[nH]cc(C(=O)c3ccc(I)c(Cl)c3)c12. The molecule has 21 heavy (non-hydrogen) atoms. The maximum atomic E-state index is 12.7. The fourth-order valence-electron chi connectivity index (χ4n) is 2.25. The molecule has 3 nitrogen and oxygen atoms in total. The second-order valence-corrected chi connectivity index (χ2v) is 6.07. The van der Waals surface area contributed by atoms with E-state index in [0.717, 1.165) is 9.09 Å². The molecule has 1 aromatic heterocycles. The molecule has 0 aliphatic rings. The molecule has 0 fully saturated rings. The van der Waals surface area contributed by atoms with Gasteiger partial charge in [-0.05, 0) is 52.9 Å².